The summed E-state index contributed by atoms with van der Waals surface area (Å²) in [6, 6.07) is 7.68. The number of aliphatic hydroxyl groups excluding tert-OH is 5. The summed E-state index contributed by atoms with van der Waals surface area (Å²) >= 11 is 0. The normalized spacial score (nSPS) is 35.8. The molecular weight excluding hydrogens is 545 g/mol. The van der Waals surface area contributed by atoms with Gasteiger partial charge >= 0.3 is 29.6 Å². The number of ether oxygens (including phenoxy) is 4. The smallest absolute Gasteiger partial charge is 0.726 e. The van der Waals surface area contributed by atoms with Crippen molar-refractivity contribution >= 4 is 16.3 Å². The standard InChI is InChI=1S/C21H31NO14S.Na/c1-10(25)22-14-16(27)18(13(8-24)34-20(14)32-9-11-5-3-2-4-6-11)35-21-17(28)19(36-37(29,30)31)15(26)12(7-23)33-21;/h2-6,12-21,23-24,26-28H,7-9H2,1H3,(H,22,25)(H,29,30,31);/q;+1/p-1/t12-,13-,14-,15+,16-,17-,18-,19+,20-,21+;/m1./s1. The fraction of sp³-hybridized carbons (Fsp3) is 0.667. The molecule has 0 bridgehead atoms. The van der Waals surface area contributed by atoms with E-state index in [0.717, 1.165) is 5.56 Å². The van der Waals surface area contributed by atoms with Gasteiger partial charge in [-0.1, -0.05) is 30.3 Å². The first-order valence-electron chi connectivity index (χ1n) is 11.2. The van der Waals surface area contributed by atoms with E-state index in [1.54, 1.807) is 30.3 Å². The van der Waals surface area contributed by atoms with E-state index < -0.39 is 90.9 Å². The predicted octanol–water partition coefficient (Wildman–Crippen LogP) is -6.54. The Morgan fingerprint density at radius 2 is 1.58 bits per heavy atom. The number of hydrogen-bond acceptors (Lipinski definition) is 14. The molecule has 2 saturated heterocycles. The van der Waals surface area contributed by atoms with Crippen LogP contribution in [-0.4, -0.2) is 119 Å². The second-order valence-electron chi connectivity index (χ2n) is 8.52. The van der Waals surface area contributed by atoms with Crippen LogP contribution in [0.3, 0.4) is 0 Å². The molecule has 0 unspecified atom stereocenters. The molecular formula is C21H30NNaO14S. The Morgan fingerprint density at radius 3 is 2.13 bits per heavy atom. The molecule has 2 aliphatic heterocycles. The first-order chi connectivity index (χ1) is 17.4. The number of rotatable bonds is 10. The van der Waals surface area contributed by atoms with Crippen molar-refractivity contribution < 1.29 is 96.0 Å². The summed E-state index contributed by atoms with van der Waals surface area (Å²) in [7, 11) is -5.40. The number of hydrogen-bond donors (Lipinski definition) is 6. The van der Waals surface area contributed by atoms with Crippen LogP contribution in [0.1, 0.15) is 12.5 Å². The Bertz CT molecular complexity index is 987. The summed E-state index contributed by atoms with van der Waals surface area (Å²) < 4.78 is 59.8. The van der Waals surface area contributed by atoms with E-state index in [1.165, 1.54) is 6.92 Å². The number of aliphatic hydroxyl groups is 5. The molecule has 0 aliphatic carbocycles. The van der Waals surface area contributed by atoms with E-state index in [-0.39, 0.29) is 36.2 Å². The van der Waals surface area contributed by atoms with Gasteiger partial charge in [-0.2, -0.15) is 0 Å². The van der Waals surface area contributed by atoms with Gasteiger partial charge in [-0.05, 0) is 5.56 Å². The van der Waals surface area contributed by atoms with Crippen molar-refractivity contribution in [3.8, 4) is 0 Å². The molecule has 2 heterocycles. The molecule has 0 radical (unpaired) electrons. The maximum absolute atomic E-state index is 11.8. The van der Waals surface area contributed by atoms with Crippen molar-refractivity contribution in [1.29, 1.82) is 0 Å². The van der Waals surface area contributed by atoms with Gasteiger partial charge in [-0.3, -0.25) is 8.98 Å². The number of carbonyl (C=O) groups excluding carboxylic acids is 1. The maximum Gasteiger partial charge on any atom is 1.00 e. The van der Waals surface area contributed by atoms with Crippen LogP contribution in [0.15, 0.2) is 30.3 Å². The number of nitrogens with one attached hydrogen (secondary N) is 1. The van der Waals surface area contributed by atoms with Crippen LogP contribution < -0.4 is 34.9 Å². The Balaban J connectivity index is 0.00000507. The Morgan fingerprint density at radius 1 is 0.974 bits per heavy atom. The SMILES string of the molecule is CC(=O)N[C@H]1[C@H](OCc2ccccc2)O[C@H](CO)[C@@H](O[C@@H]2O[C@H](CO)[C@H](O)[C@H](OS(=O)(=O)[O-])[C@H]2O)[C@@H]1O.[Na+]. The zero-order chi connectivity index (χ0) is 27.3. The van der Waals surface area contributed by atoms with Gasteiger partial charge in [-0.25, -0.2) is 8.42 Å². The summed E-state index contributed by atoms with van der Waals surface area (Å²) in [5.74, 6) is -0.561. The van der Waals surface area contributed by atoms with Gasteiger partial charge in [0.05, 0.1) is 19.8 Å². The zero-order valence-corrected chi connectivity index (χ0v) is 23.4. The molecule has 1 aromatic rings. The van der Waals surface area contributed by atoms with E-state index in [4.69, 9.17) is 18.9 Å². The van der Waals surface area contributed by atoms with Crippen molar-refractivity contribution in [1.82, 2.24) is 5.32 Å². The fourth-order valence-corrected chi connectivity index (χ4v) is 4.59. The Kier molecular flexibility index (Phi) is 12.9. The molecule has 38 heavy (non-hydrogen) atoms. The third kappa shape index (κ3) is 8.60. The second-order valence-corrected chi connectivity index (χ2v) is 9.52. The van der Waals surface area contributed by atoms with Crippen LogP contribution in [0, 0.1) is 0 Å². The molecule has 0 spiro atoms. The van der Waals surface area contributed by atoms with Crippen LogP contribution in [0.4, 0.5) is 0 Å². The minimum absolute atomic E-state index is 0. The van der Waals surface area contributed by atoms with Crippen molar-refractivity contribution in [3.05, 3.63) is 35.9 Å². The van der Waals surface area contributed by atoms with E-state index in [9.17, 15) is 43.3 Å². The van der Waals surface area contributed by atoms with Gasteiger partial charge in [0.2, 0.25) is 16.3 Å². The Hall–Kier alpha value is -0.800. The first-order valence-corrected chi connectivity index (χ1v) is 12.6. The van der Waals surface area contributed by atoms with E-state index in [2.05, 4.69) is 9.50 Å². The minimum Gasteiger partial charge on any atom is -0.726 e. The Labute approximate surface area is 240 Å². The summed E-state index contributed by atoms with van der Waals surface area (Å²) in [6.07, 6.45) is -15.2. The average Bonchev–Trinajstić information content (AvgIpc) is 2.84. The molecule has 210 valence electrons. The monoisotopic (exact) mass is 575 g/mol. The zero-order valence-electron chi connectivity index (χ0n) is 20.6. The molecule has 17 heteroatoms. The molecule has 2 fully saturated rings. The van der Waals surface area contributed by atoms with Gasteiger partial charge in [0.1, 0.15) is 48.8 Å². The molecule has 1 aromatic carbocycles. The van der Waals surface area contributed by atoms with Crippen LogP contribution in [-0.2, 0) is 44.9 Å². The van der Waals surface area contributed by atoms with Gasteiger partial charge in [-0.15, -0.1) is 0 Å². The third-order valence-electron chi connectivity index (χ3n) is 5.82. The van der Waals surface area contributed by atoms with Gasteiger partial charge in [0, 0.05) is 6.92 Å². The van der Waals surface area contributed by atoms with Crippen molar-refractivity contribution in [2.75, 3.05) is 13.2 Å². The molecule has 10 atom stereocenters. The summed E-state index contributed by atoms with van der Waals surface area (Å²) in [4.78, 5) is 11.8. The minimum atomic E-state index is -5.40. The number of benzene rings is 1. The van der Waals surface area contributed by atoms with Gasteiger partial charge < -0.3 is 54.3 Å². The van der Waals surface area contributed by atoms with Crippen molar-refractivity contribution in [2.45, 2.75) is 74.9 Å². The van der Waals surface area contributed by atoms with E-state index in [1.807, 2.05) is 0 Å². The summed E-state index contributed by atoms with van der Waals surface area (Å²) in [6.45, 7) is -0.407. The molecule has 1 amide bonds. The van der Waals surface area contributed by atoms with Crippen LogP contribution >= 0.6 is 0 Å². The van der Waals surface area contributed by atoms with Crippen LogP contribution in [0.2, 0.25) is 0 Å². The topological polar surface area (TPSA) is 234 Å². The summed E-state index contributed by atoms with van der Waals surface area (Å²) in [5.41, 5.74) is 0.757. The number of carbonyl (C=O) groups is 1. The quantitative estimate of drug-likeness (QED) is 0.0865. The van der Waals surface area contributed by atoms with Gasteiger partial charge in [0.15, 0.2) is 12.6 Å². The average molecular weight is 576 g/mol. The predicted molar refractivity (Wildman–Crippen MR) is 118 cm³/mol. The maximum atomic E-state index is 11.8. The van der Waals surface area contributed by atoms with Gasteiger partial charge in [0.25, 0.3) is 0 Å². The second kappa shape index (κ2) is 14.7. The van der Waals surface area contributed by atoms with Crippen molar-refractivity contribution in [2.24, 2.45) is 0 Å². The molecule has 15 nitrogen and oxygen atoms in total. The van der Waals surface area contributed by atoms with E-state index in [0.29, 0.717) is 0 Å². The van der Waals surface area contributed by atoms with E-state index >= 15 is 0 Å². The van der Waals surface area contributed by atoms with Crippen LogP contribution in [0.5, 0.6) is 0 Å². The fourth-order valence-electron chi connectivity index (χ4n) is 4.09. The third-order valence-corrected chi connectivity index (χ3v) is 6.28. The molecule has 2 aliphatic rings. The summed E-state index contributed by atoms with van der Waals surface area (Å²) in [5, 5.41) is 53.6. The molecule has 0 saturated carbocycles. The molecule has 3 rings (SSSR count). The number of amides is 1. The molecule has 6 N–H and O–H groups in total. The molecule has 0 aromatic heterocycles. The first kappa shape index (κ1) is 33.4. The van der Waals surface area contributed by atoms with Crippen molar-refractivity contribution in [3.63, 3.8) is 0 Å². The largest absolute Gasteiger partial charge is 1.00 e. The van der Waals surface area contributed by atoms with Crippen LogP contribution in [0.25, 0.3) is 0 Å².